The highest BCUT2D eigenvalue weighted by molar-refractivity contribution is 7.89. The summed E-state index contributed by atoms with van der Waals surface area (Å²) in [5.41, 5.74) is 0.953. The van der Waals surface area contributed by atoms with Gasteiger partial charge >= 0.3 is 5.97 Å². The lowest BCUT2D eigenvalue weighted by Crippen LogP contribution is -2.56. The Bertz CT molecular complexity index is 568. The van der Waals surface area contributed by atoms with Crippen molar-refractivity contribution in [1.29, 1.82) is 0 Å². The van der Waals surface area contributed by atoms with Gasteiger partial charge in [0.25, 0.3) is 0 Å². The van der Waals surface area contributed by atoms with Crippen molar-refractivity contribution in [3.63, 3.8) is 0 Å². The molecule has 0 saturated carbocycles. The van der Waals surface area contributed by atoms with Crippen LogP contribution in [0.5, 0.6) is 0 Å². The molecule has 0 amide bonds. The standard InChI is InChI=1S/C12H16N2O4S/c1-9-2-4-10(5-3-9)19(17,18)14-7-6-13-8-11(14)12(15)16/h2-5,11,13H,6-8H2,1H3,(H,15,16). The van der Waals surface area contributed by atoms with Gasteiger partial charge in [-0.15, -0.1) is 0 Å². The van der Waals surface area contributed by atoms with Gasteiger partial charge in [-0.05, 0) is 19.1 Å². The van der Waals surface area contributed by atoms with E-state index >= 15 is 0 Å². The van der Waals surface area contributed by atoms with E-state index in [4.69, 9.17) is 5.11 Å². The third-order valence-corrected chi connectivity index (χ3v) is 5.03. The van der Waals surface area contributed by atoms with E-state index in [1.165, 1.54) is 12.1 Å². The number of piperazine rings is 1. The quantitative estimate of drug-likeness (QED) is 0.818. The maximum Gasteiger partial charge on any atom is 0.323 e. The Balaban J connectivity index is 2.37. The van der Waals surface area contributed by atoms with Gasteiger partial charge in [-0.3, -0.25) is 4.79 Å². The number of carboxylic acid groups (broad SMARTS) is 1. The van der Waals surface area contributed by atoms with Crippen molar-refractivity contribution in [3.8, 4) is 0 Å². The molecule has 1 saturated heterocycles. The Labute approximate surface area is 112 Å². The molecule has 6 nitrogen and oxygen atoms in total. The van der Waals surface area contributed by atoms with Crippen LogP contribution >= 0.6 is 0 Å². The second kappa shape index (κ2) is 5.28. The van der Waals surface area contributed by atoms with Gasteiger partial charge in [0.2, 0.25) is 10.0 Å². The predicted molar refractivity (Wildman–Crippen MR) is 69.4 cm³/mol. The molecule has 1 aromatic carbocycles. The fourth-order valence-electron chi connectivity index (χ4n) is 2.03. The number of benzene rings is 1. The molecule has 0 aliphatic carbocycles. The Kier molecular flexibility index (Phi) is 3.88. The van der Waals surface area contributed by atoms with Crippen molar-refractivity contribution in [3.05, 3.63) is 29.8 Å². The molecule has 0 radical (unpaired) electrons. The molecule has 1 unspecified atom stereocenters. The van der Waals surface area contributed by atoms with Crippen LogP contribution in [0.2, 0.25) is 0 Å². The summed E-state index contributed by atoms with van der Waals surface area (Å²) in [5.74, 6) is -1.14. The van der Waals surface area contributed by atoms with Gasteiger partial charge in [0.15, 0.2) is 0 Å². The molecule has 0 spiro atoms. The third kappa shape index (κ3) is 2.78. The van der Waals surface area contributed by atoms with E-state index in [2.05, 4.69) is 5.32 Å². The van der Waals surface area contributed by atoms with Crippen LogP contribution in [-0.2, 0) is 14.8 Å². The minimum atomic E-state index is -3.76. The lowest BCUT2D eigenvalue weighted by Gasteiger charge is -2.32. The molecule has 1 heterocycles. The molecule has 1 aliphatic heterocycles. The fourth-order valence-corrected chi connectivity index (χ4v) is 3.61. The maximum atomic E-state index is 12.4. The Hall–Kier alpha value is -1.44. The van der Waals surface area contributed by atoms with Crippen LogP contribution < -0.4 is 5.32 Å². The van der Waals surface area contributed by atoms with Crippen LogP contribution in [0.15, 0.2) is 29.2 Å². The average Bonchev–Trinajstić information content (AvgIpc) is 2.39. The molecule has 7 heteroatoms. The van der Waals surface area contributed by atoms with Gasteiger partial charge in [-0.25, -0.2) is 8.42 Å². The smallest absolute Gasteiger partial charge is 0.323 e. The zero-order chi connectivity index (χ0) is 14.0. The van der Waals surface area contributed by atoms with Gasteiger partial charge in [0, 0.05) is 19.6 Å². The zero-order valence-corrected chi connectivity index (χ0v) is 11.4. The van der Waals surface area contributed by atoms with E-state index in [-0.39, 0.29) is 18.0 Å². The molecule has 2 rings (SSSR count). The fraction of sp³-hybridized carbons (Fsp3) is 0.417. The summed E-state index contributed by atoms with van der Waals surface area (Å²) >= 11 is 0. The lowest BCUT2D eigenvalue weighted by atomic mass is 10.2. The number of nitrogens with one attached hydrogen (secondary N) is 1. The SMILES string of the molecule is Cc1ccc(S(=O)(=O)N2CCNCC2C(=O)O)cc1. The van der Waals surface area contributed by atoms with Gasteiger partial charge in [-0.1, -0.05) is 17.7 Å². The van der Waals surface area contributed by atoms with Crippen LogP contribution in [0.1, 0.15) is 5.56 Å². The summed E-state index contributed by atoms with van der Waals surface area (Å²) in [6, 6.07) is 5.35. The summed E-state index contributed by atoms with van der Waals surface area (Å²) in [6.45, 7) is 2.60. The van der Waals surface area contributed by atoms with Crippen LogP contribution in [0, 0.1) is 6.92 Å². The molecule has 104 valence electrons. The number of aliphatic carboxylic acids is 1. The highest BCUT2D eigenvalue weighted by Crippen LogP contribution is 2.20. The van der Waals surface area contributed by atoms with Crippen molar-refractivity contribution in [1.82, 2.24) is 9.62 Å². The molecule has 1 aromatic rings. The number of rotatable bonds is 3. The van der Waals surface area contributed by atoms with E-state index in [1.54, 1.807) is 12.1 Å². The third-order valence-electron chi connectivity index (χ3n) is 3.11. The van der Waals surface area contributed by atoms with E-state index in [0.29, 0.717) is 6.54 Å². The molecule has 0 bridgehead atoms. The molecule has 1 atom stereocenters. The zero-order valence-electron chi connectivity index (χ0n) is 10.5. The Morgan fingerprint density at radius 2 is 2.00 bits per heavy atom. The molecule has 1 aliphatic rings. The summed E-state index contributed by atoms with van der Waals surface area (Å²) < 4.78 is 25.9. The number of hydrogen-bond donors (Lipinski definition) is 2. The second-order valence-electron chi connectivity index (χ2n) is 4.49. The van der Waals surface area contributed by atoms with Crippen molar-refractivity contribution in [2.24, 2.45) is 0 Å². The molecule has 2 N–H and O–H groups in total. The molecule has 0 aromatic heterocycles. The van der Waals surface area contributed by atoms with Gasteiger partial charge < -0.3 is 10.4 Å². The first-order valence-electron chi connectivity index (χ1n) is 5.95. The number of sulfonamides is 1. The highest BCUT2D eigenvalue weighted by Gasteiger charge is 2.37. The first-order valence-corrected chi connectivity index (χ1v) is 7.39. The number of carbonyl (C=O) groups is 1. The highest BCUT2D eigenvalue weighted by atomic mass is 32.2. The summed E-state index contributed by atoms with van der Waals surface area (Å²) in [7, 11) is -3.76. The topological polar surface area (TPSA) is 86.7 Å². The summed E-state index contributed by atoms with van der Waals surface area (Å²) in [4.78, 5) is 11.3. The van der Waals surface area contributed by atoms with Crippen LogP contribution in [-0.4, -0.2) is 49.5 Å². The van der Waals surface area contributed by atoms with E-state index in [9.17, 15) is 13.2 Å². The minimum Gasteiger partial charge on any atom is -0.480 e. The molecule has 19 heavy (non-hydrogen) atoms. The molecular formula is C12H16N2O4S. The second-order valence-corrected chi connectivity index (χ2v) is 6.38. The molecular weight excluding hydrogens is 268 g/mol. The maximum absolute atomic E-state index is 12.4. The monoisotopic (exact) mass is 284 g/mol. The van der Waals surface area contributed by atoms with Gasteiger partial charge in [-0.2, -0.15) is 4.31 Å². The largest absolute Gasteiger partial charge is 0.480 e. The minimum absolute atomic E-state index is 0.125. The van der Waals surface area contributed by atoms with Gasteiger partial charge in [0.05, 0.1) is 4.90 Å². The van der Waals surface area contributed by atoms with E-state index in [1.807, 2.05) is 6.92 Å². The van der Waals surface area contributed by atoms with E-state index < -0.39 is 22.0 Å². The van der Waals surface area contributed by atoms with Crippen LogP contribution in [0.4, 0.5) is 0 Å². The van der Waals surface area contributed by atoms with Gasteiger partial charge in [0.1, 0.15) is 6.04 Å². The van der Waals surface area contributed by atoms with Crippen molar-refractivity contribution in [2.75, 3.05) is 19.6 Å². The Morgan fingerprint density at radius 1 is 1.37 bits per heavy atom. The summed E-state index contributed by atoms with van der Waals surface area (Å²) in [6.07, 6.45) is 0. The van der Waals surface area contributed by atoms with Crippen molar-refractivity contribution in [2.45, 2.75) is 17.9 Å². The lowest BCUT2D eigenvalue weighted by molar-refractivity contribution is -0.141. The van der Waals surface area contributed by atoms with E-state index in [0.717, 1.165) is 9.87 Å². The number of aryl methyl sites for hydroxylation is 1. The van der Waals surface area contributed by atoms with Crippen LogP contribution in [0.25, 0.3) is 0 Å². The molecule has 1 fully saturated rings. The summed E-state index contributed by atoms with van der Waals surface area (Å²) in [5, 5.41) is 12.0. The number of hydrogen-bond acceptors (Lipinski definition) is 4. The van der Waals surface area contributed by atoms with Crippen molar-refractivity contribution < 1.29 is 18.3 Å². The first kappa shape index (κ1) is 14.0. The predicted octanol–water partition coefficient (Wildman–Crippen LogP) is 0.0421. The Morgan fingerprint density at radius 3 is 2.58 bits per heavy atom. The first-order chi connectivity index (χ1) is 8.93. The van der Waals surface area contributed by atoms with Crippen molar-refractivity contribution >= 4 is 16.0 Å². The number of carboxylic acids is 1. The normalized spacial score (nSPS) is 21.2. The van der Waals surface area contributed by atoms with Crippen LogP contribution in [0.3, 0.4) is 0 Å². The average molecular weight is 284 g/mol. The number of nitrogens with zero attached hydrogens (tertiary/aromatic N) is 1.